The molecule has 42 heavy (non-hydrogen) atoms. The van der Waals surface area contributed by atoms with E-state index in [0.717, 1.165) is 29.5 Å². The third kappa shape index (κ3) is 5.75. The number of halogens is 4. The van der Waals surface area contributed by atoms with Crippen LogP contribution in [0.4, 0.5) is 23.2 Å². The summed E-state index contributed by atoms with van der Waals surface area (Å²) in [6.07, 6.45) is -2.44. The number of hydrogen-bond donors (Lipinski definition) is 2. The number of furan rings is 1. The van der Waals surface area contributed by atoms with Crippen molar-refractivity contribution in [1.82, 2.24) is 5.32 Å². The maximum absolute atomic E-state index is 14.1. The molecule has 1 aliphatic rings. The molecule has 0 saturated heterocycles. The highest BCUT2D eigenvalue weighted by Crippen LogP contribution is 2.48. The van der Waals surface area contributed by atoms with Crippen molar-refractivity contribution in [3.05, 3.63) is 82.7 Å². The number of carbonyl (C=O) groups excluding carboxylic acids is 1. The predicted octanol–water partition coefficient (Wildman–Crippen LogP) is 5.28. The normalized spacial score (nSPS) is 13.8. The Labute approximate surface area is 240 Å². The summed E-state index contributed by atoms with van der Waals surface area (Å²) in [5.74, 6) is -0.897. The zero-order chi connectivity index (χ0) is 30.6. The summed E-state index contributed by atoms with van der Waals surface area (Å²) in [4.78, 5) is 13.0. The summed E-state index contributed by atoms with van der Waals surface area (Å²) in [7, 11) is -2.69. The van der Waals surface area contributed by atoms with Crippen LogP contribution in [0.25, 0.3) is 22.3 Å². The van der Waals surface area contributed by atoms with Crippen LogP contribution in [0.2, 0.25) is 6.82 Å². The fourth-order valence-electron chi connectivity index (χ4n) is 5.03. The Bertz CT molecular complexity index is 1780. The highest BCUT2D eigenvalue weighted by atomic mass is 32.2. The molecule has 220 valence electrons. The molecule has 4 aromatic rings. The van der Waals surface area contributed by atoms with Gasteiger partial charge in [0.25, 0.3) is 5.91 Å². The molecule has 5 rings (SSSR count). The number of rotatable bonds is 8. The van der Waals surface area contributed by atoms with Gasteiger partial charge < -0.3 is 14.8 Å². The highest BCUT2D eigenvalue weighted by Gasteiger charge is 2.37. The minimum absolute atomic E-state index is 0.0442. The van der Waals surface area contributed by atoms with Gasteiger partial charge in [-0.1, -0.05) is 25.0 Å². The Hall–Kier alpha value is -3.84. The Morgan fingerprint density at radius 3 is 2.33 bits per heavy atom. The van der Waals surface area contributed by atoms with Crippen LogP contribution in [0, 0.1) is 5.82 Å². The van der Waals surface area contributed by atoms with Crippen molar-refractivity contribution < 1.29 is 40.2 Å². The number of amides is 1. The van der Waals surface area contributed by atoms with Gasteiger partial charge >= 0.3 is 13.1 Å². The van der Waals surface area contributed by atoms with Gasteiger partial charge in [-0.2, -0.15) is 13.2 Å². The third-order valence-corrected chi connectivity index (χ3v) is 8.45. The molecule has 1 aromatic heterocycles. The minimum Gasteiger partial charge on any atom is -0.455 e. The minimum atomic E-state index is -4.81. The van der Waals surface area contributed by atoms with E-state index in [0.29, 0.717) is 16.5 Å². The first-order valence-electron chi connectivity index (χ1n) is 13.1. The van der Waals surface area contributed by atoms with Gasteiger partial charge in [0.2, 0.25) is 10.0 Å². The van der Waals surface area contributed by atoms with Crippen molar-refractivity contribution in [2.45, 2.75) is 38.3 Å². The fourth-order valence-corrected chi connectivity index (χ4v) is 5.92. The number of alkyl halides is 3. The van der Waals surface area contributed by atoms with Crippen LogP contribution < -0.4 is 15.1 Å². The molecular weight excluding hydrogens is 575 g/mol. The first-order valence-corrected chi connectivity index (χ1v) is 15.0. The second-order valence-electron chi connectivity index (χ2n) is 10.4. The van der Waals surface area contributed by atoms with Crippen LogP contribution in [0.1, 0.15) is 45.8 Å². The molecule has 0 radical (unpaired) electrons. The lowest BCUT2D eigenvalue weighted by Crippen LogP contribution is -2.33. The van der Waals surface area contributed by atoms with Crippen molar-refractivity contribution in [3.63, 3.8) is 0 Å². The molecule has 2 N–H and O–H groups in total. The summed E-state index contributed by atoms with van der Waals surface area (Å²) < 4.78 is 89.2. The summed E-state index contributed by atoms with van der Waals surface area (Å²) in [6.45, 7) is -0.447. The highest BCUT2D eigenvalue weighted by molar-refractivity contribution is 7.92. The Morgan fingerprint density at radius 1 is 1.12 bits per heavy atom. The van der Waals surface area contributed by atoms with Gasteiger partial charge in [-0.25, -0.2) is 12.8 Å². The molecule has 3 aromatic carbocycles. The molecule has 0 aliphatic heterocycles. The molecule has 0 unspecified atom stereocenters. The average Bonchev–Trinajstić information content (AvgIpc) is 3.70. The lowest BCUT2D eigenvalue weighted by Gasteiger charge is -2.27. The van der Waals surface area contributed by atoms with Gasteiger partial charge in [-0.15, -0.1) is 0 Å². The van der Waals surface area contributed by atoms with E-state index >= 15 is 0 Å². The van der Waals surface area contributed by atoms with Gasteiger partial charge in [-0.3, -0.25) is 9.10 Å². The van der Waals surface area contributed by atoms with Crippen LogP contribution in [-0.4, -0.2) is 39.6 Å². The number of sulfonamides is 1. The van der Waals surface area contributed by atoms with Crippen LogP contribution in [0.15, 0.2) is 59.0 Å². The van der Waals surface area contributed by atoms with E-state index in [9.17, 15) is 35.8 Å². The van der Waals surface area contributed by atoms with E-state index < -0.39 is 46.9 Å². The number of anilines is 1. The molecule has 1 fully saturated rings. The zero-order valence-corrected chi connectivity index (χ0v) is 23.7. The number of carbonyl (C=O) groups is 1. The van der Waals surface area contributed by atoms with Gasteiger partial charge in [0.1, 0.15) is 17.2 Å². The van der Waals surface area contributed by atoms with Gasteiger partial charge in [0, 0.05) is 24.1 Å². The van der Waals surface area contributed by atoms with Gasteiger partial charge in [0.05, 0.1) is 29.6 Å². The van der Waals surface area contributed by atoms with Crippen molar-refractivity contribution in [2.24, 2.45) is 0 Å². The number of benzene rings is 3. The lowest BCUT2D eigenvalue weighted by atomic mass is 9.64. The molecule has 0 atom stereocenters. The van der Waals surface area contributed by atoms with Crippen molar-refractivity contribution >= 4 is 45.0 Å². The maximum Gasteiger partial charge on any atom is 0.416 e. The Morgan fingerprint density at radius 2 is 1.79 bits per heavy atom. The summed E-state index contributed by atoms with van der Waals surface area (Å²) >= 11 is 0. The number of hydrogen-bond acceptors (Lipinski definition) is 5. The second-order valence-corrected chi connectivity index (χ2v) is 12.3. The number of nitrogens with zero attached hydrogens (tertiary/aromatic N) is 1. The van der Waals surface area contributed by atoms with E-state index in [2.05, 4.69) is 5.32 Å². The van der Waals surface area contributed by atoms with Crippen LogP contribution in [-0.2, 0) is 22.7 Å². The quantitative estimate of drug-likeness (QED) is 0.211. The van der Waals surface area contributed by atoms with Gasteiger partial charge in [-0.05, 0) is 65.7 Å². The fraction of sp³-hybridized carbons (Fsp3) is 0.276. The van der Waals surface area contributed by atoms with Crippen molar-refractivity contribution in [3.8, 4) is 11.3 Å². The van der Waals surface area contributed by atoms with E-state index in [1.165, 1.54) is 56.3 Å². The zero-order valence-electron chi connectivity index (χ0n) is 22.9. The smallest absolute Gasteiger partial charge is 0.416 e. The van der Waals surface area contributed by atoms with E-state index in [4.69, 9.17) is 4.42 Å². The van der Waals surface area contributed by atoms with Crippen LogP contribution >= 0.6 is 0 Å². The standard InChI is InChI=1S/C29H27BF4N2O5S/c1-30(38)19-9-6-18(23(12-19)29(32,33)34)15-36(42(3,39)40)24-14-25-22(13-21(24)16-4-5-16)26(28(37)35-2)27(41-25)17-7-10-20(31)11-8-17/h6-14,16,38H,4-5,15H2,1-3H3,(H,35,37). The topological polar surface area (TPSA) is 99.8 Å². The Balaban J connectivity index is 1.72. The summed E-state index contributed by atoms with van der Waals surface area (Å²) in [5.41, 5.74) is 0.116. The number of nitrogens with one attached hydrogen (secondary N) is 1. The molecular formula is C29H27BF4N2O5S. The van der Waals surface area contributed by atoms with Gasteiger partial charge in [0.15, 0.2) is 0 Å². The monoisotopic (exact) mass is 602 g/mol. The molecule has 1 saturated carbocycles. The van der Waals surface area contributed by atoms with E-state index in [1.807, 2.05) is 0 Å². The largest absolute Gasteiger partial charge is 0.455 e. The maximum atomic E-state index is 14.1. The molecule has 1 aliphatic carbocycles. The summed E-state index contributed by atoms with van der Waals surface area (Å²) in [5, 5.41) is 12.8. The van der Waals surface area contributed by atoms with E-state index in [-0.39, 0.29) is 39.5 Å². The van der Waals surface area contributed by atoms with E-state index in [1.54, 1.807) is 6.07 Å². The van der Waals surface area contributed by atoms with Crippen molar-refractivity contribution in [2.75, 3.05) is 17.6 Å². The molecule has 1 heterocycles. The first-order chi connectivity index (χ1) is 19.7. The summed E-state index contributed by atoms with van der Waals surface area (Å²) in [6, 6.07) is 11.7. The average molecular weight is 602 g/mol. The SMILES string of the molecule is CNC(=O)c1c(-c2ccc(F)cc2)oc2cc(N(Cc3ccc(B(C)O)cc3C(F)(F)F)S(C)(=O)=O)c(C3CC3)cc12. The Kier molecular flexibility index (Phi) is 7.61. The van der Waals surface area contributed by atoms with Crippen molar-refractivity contribution in [1.29, 1.82) is 0 Å². The molecule has 1 amide bonds. The molecule has 0 bridgehead atoms. The van der Waals surface area contributed by atoms with Crippen LogP contribution in [0.5, 0.6) is 0 Å². The first kappa shape index (κ1) is 29.7. The van der Waals surface area contributed by atoms with Crippen LogP contribution in [0.3, 0.4) is 0 Å². The molecule has 7 nitrogen and oxygen atoms in total. The lowest BCUT2D eigenvalue weighted by molar-refractivity contribution is -0.138. The molecule has 0 spiro atoms. The predicted molar refractivity (Wildman–Crippen MR) is 153 cm³/mol. The second kappa shape index (κ2) is 10.8. The third-order valence-electron chi connectivity index (χ3n) is 7.32. The number of fused-ring (bicyclic) bond motifs is 1. The molecule has 13 heteroatoms.